The van der Waals surface area contributed by atoms with Gasteiger partial charge in [0, 0.05) is 5.41 Å². The van der Waals surface area contributed by atoms with Gasteiger partial charge in [-0.2, -0.15) is 11.8 Å². The molecule has 1 rings (SSSR count). The second-order valence-corrected chi connectivity index (χ2v) is 6.60. The number of rotatable bonds is 6. The van der Waals surface area contributed by atoms with Crippen LogP contribution < -0.4 is 11.1 Å². The molecule has 0 aromatic rings. The zero-order chi connectivity index (χ0) is 12.7. The lowest BCUT2D eigenvalue weighted by Gasteiger charge is -2.25. The van der Waals surface area contributed by atoms with E-state index in [1.54, 1.807) is 0 Å². The van der Waals surface area contributed by atoms with E-state index in [0.29, 0.717) is 5.84 Å². The van der Waals surface area contributed by atoms with E-state index in [0.717, 1.165) is 25.4 Å². The summed E-state index contributed by atoms with van der Waals surface area (Å²) in [4.78, 5) is 0. The van der Waals surface area contributed by atoms with E-state index in [9.17, 15) is 0 Å². The van der Waals surface area contributed by atoms with Crippen molar-refractivity contribution < 1.29 is 5.21 Å². The maximum absolute atomic E-state index is 8.67. The lowest BCUT2D eigenvalue weighted by atomic mass is 9.88. The maximum Gasteiger partial charge on any atom is 0.144 e. The number of oxime groups is 1. The average molecular weight is 259 g/mol. The van der Waals surface area contributed by atoms with Gasteiger partial charge in [0.15, 0.2) is 0 Å². The number of nitrogens with two attached hydrogens (primary N) is 1. The summed E-state index contributed by atoms with van der Waals surface area (Å²) in [6, 6.07) is 0. The molecule has 17 heavy (non-hydrogen) atoms. The molecule has 1 aliphatic heterocycles. The van der Waals surface area contributed by atoms with Gasteiger partial charge in [0.25, 0.3) is 0 Å². The SMILES string of the molecule is CC(C)(CCNCC1CCSCC1)C(N)=NO. The lowest BCUT2D eigenvalue weighted by Crippen LogP contribution is -2.36. The van der Waals surface area contributed by atoms with Gasteiger partial charge in [-0.25, -0.2) is 0 Å². The first-order valence-electron chi connectivity index (χ1n) is 6.33. The maximum atomic E-state index is 8.67. The minimum Gasteiger partial charge on any atom is -0.409 e. The molecule has 4 N–H and O–H groups in total. The van der Waals surface area contributed by atoms with Gasteiger partial charge in [0.2, 0.25) is 0 Å². The Morgan fingerprint density at radius 2 is 2.12 bits per heavy atom. The molecule has 100 valence electrons. The Balaban J connectivity index is 2.14. The Morgan fingerprint density at radius 3 is 2.71 bits per heavy atom. The van der Waals surface area contributed by atoms with Crippen LogP contribution in [0.25, 0.3) is 0 Å². The summed E-state index contributed by atoms with van der Waals surface area (Å²) in [5, 5.41) is 15.3. The predicted molar refractivity (Wildman–Crippen MR) is 74.7 cm³/mol. The zero-order valence-corrected chi connectivity index (χ0v) is 11.7. The van der Waals surface area contributed by atoms with Crippen molar-refractivity contribution in [3.05, 3.63) is 0 Å². The lowest BCUT2D eigenvalue weighted by molar-refractivity contribution is 0.304. The first-order valence-corrected chi connectivity index (χ1v) is 7.48. The van der Waals surface area contributed by atoms with Crippen LogP contribution in [0.3, 0.4) is 0 Å². The standard InChI is InChI=1S/C12H25N3OS/c1-12(2,11(13)15-16)5-6-14-9-10-3-7-17-8-4-10/h10,14,16H,3-9H2,1-2H3,(H2,13,15). The summed E-state index contributed by atoms with van der Waals surface area (Å²) in [7, 11) is 0. The molecular formula is C12H25N3OS. The van der Waals surface area contributed by atoms with Crippen LogP contribution >= 0.6 is 11.8 Å². The molecule has 0 aromatic carbocycles. The van der Waals surface area contributed by atoms with Gasteiger partial charge >= 0.3 is 0 Å². The highest BCUT2D eigenvalue weighted by Crippen LogP contribution is 2.22. The summed E-state index contributed by atoms with van der Waals surface area (Å²) in [5.74, 6) is 3.76. The molecule has 0 unspecified atom stereocenters. The third kappa shape index (κ3) is 5.17. The number of hydrogen-bond acceptors (Lipinski definition) is 4. The Labute approximate surface area is 108 Å². The highest BCUT2D eigenvalue weighted by atomic mass is 32.2. The van der Waals surface area contributed by atoms with E-state index >= 15 is 0 Å². The molecule has 1 heterocycles. The largest absolute Gasteiger partial charge is 0.409 e. The van der Waals surface area contributed by atoms with Crippen LogP contribution in [0.15, 0.2) is 5.16 Å². The monoisotopic (exact) mass is 259 g/mol. The molecule has 4 nitrogen and oxygen atoms in total. The fourth-order valence-electron chi connectivity index (χ4n) is 1.92. The van der Waals surface area contributed by atoms with E-state index in [1.807, 2.05) is 13.8 Å². The quantitative estimate of drug-likeness (QED) is 0.224. The van der Waals surface area contributed by atoms with E-state index in [1.165, 1.54) is 24.3 Å². The highest BCUT2D eigenvalue weighted by molar-refractivity contribution is 7.99. The highest BCUT2D eigenvalue weighted by Gasteiger charge is 2.23. The fraction of sp³-hybridized carbons (Fsp3) is 0.917. The van der Waals surface area contributed by atoms with Crippen molar-refractivity contribution in [3.8, 4) is 0 Å². The third-order valence-corrected chi connectivity index (χ3v) is 4.55. The molecular weight excluding hydrogens is 234 g/mol. The van der Waals surface area contributed by atoms with Crippen molar-refractivity contribution in [1.82, 2.24) is 5.32 Å². The van der Waals surface area contributed by atoms with Crippen LogP contribution in [0, 0.1) is 11.3 Å². The van der Waals surface area contributed by atoms with Crippen LogP contribution in [0.5, 0.6) is 0 Å². The van der Waals surface area contributed by atoms with Gasteiger partial charge < -0.3 is 16.3 Å². The molecule has 0 bridgehead atoms. The molecule has 0 aliphatic carbocycles. The summed E-state index contributed by atoms with van der Waals surface area (Å²) in [6.45, 7) is 6.03. The molecule has 0 amide bonds. The molecule has 0 saturated carbocycles. The molecule has 0 radical (unpaired) electrons. The topological polar surface area (TPSA) is 70.6 Å². The van der Waals surface area contributed by atoms with Crippen molar-refractivity contribution >= 4 is 17.6 Å². The van der Waals surface area contributed by atoms with Gasteiger partial charge in [-0.15, -0.1) is 0 Å². The van der Waals surface area contributed by atoms with Gasteiger partial charge in [-0.05, 0) is 49.8 Å². The van der Waals surface area contributed by atoms with E-state index in [4.69, 9.17) is 10.9 Å². The van der Waals surface area contributed by atoms with Crippen LogP contribution in [0.1, 0.15) is 33.1 Å². The van der Waals surface area contributed by atoms with Crippen molar-refractivity contribution in [2.75, 3.05) is 24.6 Å². The normalized spacial score (nSPS) is 19.5. The van der Waals surface area contributed by atoms with Crippen LogP contribution in [0.2, 0.25) is 0 Å². The van der Waals surface area contributed by atoms with Crippen LogP contribution in [0.4, 0.5) is 0 Å². The second kappa shape index (κ2) is 7.11. The molecule has 1 fully saturated rings. The molecule has 5 heteroatoms. The molecule has 0 atom stereocenters. The van der Waals surface area contributed by atoms with E-state index in [2.05, 4.69) is 22.2 Å². The Kier molecular flexibility index (Phi) is 6.12. The zero-order valence-electron chi connectivity index (χ0n) is 10.9. The van der Waals surface area contributed by atoms with Gasteiger partial charge in [-0.1, -0.05) is 19.0 Å². The smallest absolute Gasteiger partial charge is 0.144 e. The average Bonchev–Trinajstić information content (AvgIpc) is 2.35. The van der Waals surface area contributed by atoms with Crippen LogP contribution in [-0.4, -0.2) is 35.6 Å². The van der Waals surface area contributed by atoms with Crippen molar-refractivity contribution in [3.63, 3.8) is 0 Å². The number of amidine groups is 1. The molecule has 1 aliphatic rings. The fourth-order valence-corrected chi connectivity index (χ4v) is 3.13. The third-order valence-electron chi connectivity index (χ3n) is 3.50. The summed E-state index contributed by atoms with van der Waals surface area (Å²) in [6.07, 6.45) is 3.56. The van der Waals surface area contributed by atoms with E-state index < -0.39 is 0 Å². The van der Waals surface area contributed by atoms with Gasteiger partial charge in [-0.3, -0.25) is 0 Å². The Morgan fingerprint density at radius 1 is 1.47 bits per heavy atom. The molecule has 1 saturated heterocycles. The summed E-state index contributed by atoms with van der Waals surface area (Å²) in [5.41, 5.74) is 5.41. The molecule has 0 aromatic heterocycles. The minimum absolute atomic E-state index is 0.232. The van der Waals surface area contributed by atoms with Crippen LogP contribution in [-0.2, 0) is 0 Å². The van der Waals surface area contributed by atoms with Gasteiger partial charge in [0.1, 0.15) is 5.84 Å². The number of hydrogen-bond donors (Lipinski definition) is 3. The first kappa shape index (κ1) is 14.6. The van der Waals surface area contributed by atoms with Crippen molar-refractivity contribution in [1.29, 1.82) is 0 Å². The number of thioether (sulfide) groups is 1. The van der Waals surface area contributed by atoms with E-state index in [-0.39, 0.29) is 5.41 Å². The Hall–Kier alpha value is -0.420. The second-order valence-electron chi connectivity index (χ2n) is 5.38. The van der Waals surface area contributed by atoms with Crippen molar-refractivity contribution in [2.24, 2.45) is 22.2 Å². The van der Waals surface area contributed by atoms with Crippen molar-refractivity contribution in [2.45, 2.75) is 33.1 Å². The minimum atomic E-state index is -0.232. The van der Waals surface area contributed by atoms with Gasteiger partial charge in [0.05, 0.1) is 0 Å². The molecule has 0 spiro atoms. The predicted octanol–water partition coefficient (Wildman–Crippen LogP) is 1.88. The summed E-state index contributed by atoms with van der Waals surface area (Å²) < 4.78 is 0. The first-order chi connectivity index (χ1) is 8.06. The number of nitrogens with one attached hydrogen (secondary N) is 1. The Bertz CT molecular complexity index is 250. The number of nitrogens with zero attached hydrogens (tertiary/aromatic N) is 1. The summed E-state index contributed by atoms with van der Waals surface area (Å²) >= 11 is 2.06.